The van der Waals surface area contributed by atoms with Gasteiger partial charge in [-0.05, 0) is 30.5 Å². The van der Waals surface area contributed by atoms with E-state index in [1.54, 1.807) is 32.0 Å². The zero-order valence-electron chi connectivity index (χ0n) is 11.7. The van der Waals surface area contributed by atoms with Crippen LogP contribution in [0.3, 0.4) is 0 Å². The fraction of sp³-hybridized carbons (Fsp3) is 0.538. The molecule has 19 heavy (non-hydrogen) atoms. The van der Waals surface area contributed by atoms with Crippen molar-refractivity contribution in [2.75, 3.05) is 14.2 Å². The van der Waals surface area contributed by atoms with Crippen LogP contribution in [0.15, 0.2) is 18.2 Å². The van der Waals surface area contributed by atoms with Crippen LogP contribution in [0, 0.1) is 0 Å². The van der Waals surface area contributed by atoms with E-state index in [9.17, 15) is 14.4 Å². The van der Waals surface area contributed by atoms with E-state index in [1.165, 1.54) is 14.2 Å². The number of benzene rings is 1. The molecule has 108 valence electrons. The van der Waals surface area contributed by atoms with Crippen molar-refractivity contribution in [1.82, 2.24) is 0 Å². The minimum absolute atomic E-state index is 0.337. The molecular formula is C13H21O5P. The zero-order chi connectivity index (χ0) is 14.7. The topological polar surface area (TPSA) is 76.0 Å². The fourth-order valence-corrected chi connectivity index (χ4v) is 3.60. The Morgan fingerprint density at radius 1 is 1.05 bits per heavy atom. The monoisotopic (exact) mass is 288 g/mol. The molecule has 0 fully saturated rings. The summed E-state index contributed by atoms with van der Waals surface area (Å²) in [7, 11) is -1.28. The van der Waals surface area contributed by atoms with Gasteiger partial charge in [0.25, 0.3) is 0 Å². The van der Waals surface area contributed by atoms with Crippen molar-refractivity contribution in [3.05, 3.63) is 23.8 Å². The summed E-state index contributed by atoms with van der Waals surface area (Å²) >= 11 is 0. The molecule has 6 heteroatoms. The van der Waals surface area contributed by atoms with Crippen LogP contribution >= 0.6 is 7.60 Å². The third-order valence-corrected chi connectivity index (χ3v) is 5.62. The summed E-state index contributed by atoms with van der Waals surface area (Å²) in [6, 6.07) is 5.00. The van der Waals surface area contributed by atoms with Gasteiger partial charge in [-0.3, -0.25) is 4.57 Å². The molecule has 1 aromatic carbocycles. The highest BCUT2D eigenvalue weighted by Crippen LogP contribution is 2.61. The van der Waals surface area contributed by atoms with Gasteiger partial charge in [-0.1, -0.05) is 13.8 Å². The molecule has 0 bridgehead atoms. The van der Waals surface area contributed by atoms with Crippen LogP contribution in [0.25, 0.3) is 0 Å². The Kier molecular flexibility index (Phi) is 5.02. The van der Waals surface area contributed by atoms with Gasteiger partial charge in [0, 0.05) is 6.07 Å². The van der Waals surface area contributed by atoms with Crippen molar-refractivity contribution in [3.63, 3.8) is 0 Å². The highest BCUT2D eigenvalue weighted by Gasteiger charge is 2.45. The van der Waals surface area contributed by atoms with E-state index in [-0.39, 0.29) is 0 Å². The van der Waals surface area contributed by atoms with E-state index in [0.717, 1.165) is 0 Å². The van der Waals surface area contributed by atoms with Crippen molar-refractivity contribution >= 4 is 7.60 Å². The molecule has 2 N–H and O–H groups in total. The molecule has 1 rings (SSSR count). The lowest BCUT2D eigenvalue weighted by molar-refractivity contribution is 0.314. The molecule has 0 saturated carbocycles. The van der Waals surface area contributed by atoms with Crippen molar-refractivity contribution < 1.29 is 23.8 Å². The maximum atomic E-state index is 11.9. The molecule has 0 aliphatic heterocycles. The maximum absolute atomic E-state index is 11.9. The molecule has 0 heterocycles. The molecule has 0 amide bonds. The summed E-state index contributed by atoms with van der Waals surface area (Å²) in [6.45, 7) is 3.54. The van der Waals surface area contributed by atoms with Gasteiger partial charge < -0.3 is 19.3 Å². The highest BCUT2D eigenvalue weighted by molar-refractivity contribution is 7.53. The van der Waals surface area contributed by atoms with Crippen LogP contribution in [0.4, 0.5) is 0 Å². The normalized spacial score (nSPS) is 12.3. The molecule has 0 radical (unpaired) electrons. The first-order valence-electron chi connectivity index (χ1n) is 6.13. The second-order valence-electron chi connectivity index (χ2n) is 4.38. The molecule has 0 unspecified atom stereocenters. The van der Waals surface area contributed by atoms with Gasteiger partial charge in [0.05, 0.1) is 19.4 Å². The Bertz CT molecular complexity index is 454. The first-order chi connectivity index (χ1) is 8.84. The standard InChI is InChI=1S/C13H21O5P/c1-5-13(6-2,19(14,15)16)10-7-11(17-3)9-12(8-10)18-4/h7-9H,5-6H2,1-4H3,(H2,14,15,16). The second-order valence-corrected chi connectivity index (χ2v) is 6.33. The van der Waals surface area contributed by atoms with Gasteiger partial charge in [0.1, 0.15) is 11.5 Å². The summed E-state index contributed by atoms with van der Waals surface area (Å²) in [5.41, 5.74) is 0.544. The largest absolute Gasteiger partial charge is 0.497 e. The van der Waals surface area contributed by atoms with E-state index in [2.05, 4.69) is 0 Å². The summed E-state index contributed by atoms with van der Waals surface area (Å²) in [6.07, 6.45) is 0.675. The first-order valence-corrected chi connectivity index (χ1v) is 7.75. The Balaban J connectivity index is 3.51. The molecule has 0 aromatic heterocycles. The number of methoxy groups -OCH3 is 2. The molecule has 0 spiro atoms. The SMILES string of the molecule is CCC(CC)(c1cc(OC)cc(OC)c1)P(=O)(O)O. The van der Waals surface area contributed by atoms with E-state index >= 15 is 0 Å². The predicted octanol–water partition coefficient (Wildman–Crippen LogP) is 2.90. The number of rotatable bonds is 6. The Morgan fingerprint density at radius 3 is 1.74 bits per heavy atom. The van der Waals surface area contributed by atoms with Gasteiger partial charge in [-0.2, -0.15) is 0 Å². The van der Waals surface area contributed by atoms with Crippen molar-refractivity contribution in [2.24, 2.45) is 0 Å². The van der Waals surface area contributed by atoms with Crippen molar-refractivity contribution in [1.29, 1.82) is 0 Å². The molecular weight excluding hydrogens is 267 g/mol. The molecule has 5 nitrogen and oxygen atoms in total. The van der Waals surface area contributed by atoms with Gasteiger partial charge in [-0.25, -0.2) is 0 Å². The lowest BCUT2D eigenvalue weighted by atomic mass is 9.92. The smallest absolute Gasteiger partial charge is 0.335 e. The molecule has 1 aromatic rings. The summed E-state index contributed by atoms with van der Waals surface area (Å²) in [4.78, 5) is 19.5. The molecule has 0 aliphatic rings. The number of hydrogen-bond donors (Lipinski definition) is 2. The zero-order valence-corrected chi connectivity index (χ0v) is 12.6. The van der Waals surface area contributed by atoms with Crippen LogP contribution < -0.4 is 9.47 Å². The van der Waals surface area contributed by atoms with E-state index in [0.29, 0.717) is 29.9 Å². The third kappa shape index (κ3) is 2.94. The predicted molar refractivity (Wildman–Crippen MR) is 73.9 cm³/mol. The molecule has 0 aliphatic carbocycles. The van der Waals surface area contributed by atoms with Crippen LogP contribution in [0.5, 0.6) is 11.5 Å². The Hall–Kier alpha value is -1.03. The molecule has 0 atom stereocenters. The average Bonchev–Trinajstić information content (AvgIpc) is 2.38. The lowest BCUT2D eigenvalue weighted by Gasteiger charge is -2.33. The highest BCUT2D eigenvalue weighted by atomic mass is 31.2. The van der Waals surface area contributed by atoms with Crippen LogP contribution in [-0.2, 0) is 9.72 Å². The van der Waals surface area contributed by atoms with Gasteiger partial charge >= 0.3 is 7.60 Å². The molecule has 0 saturated heterocycles. The summed E-state index contributed by atoms with van der Waals surface area (Å²) in [5, 5.41) is -1.20. The van der Waals surface area contributed by atoms with Crippen molar-refractivity contribution in [2.45, 2.75) is 31.8 Å². The summed E-state index contributed by atoms with van der Waals surface area (Å²) < 4.78 is 22.3. The lowest BCUT2D eigenvalue weighted by Crippen LogP contribution is -2.24. The Labute approximate surface area is 113 Å². The quantitative estimate of drug-likeness (QED) is 0.787. The maximum Gasteiger partial charge on any atom is 0.335 e. The summed E-state index contributed by atoms with van der Waals surface area (Å²) in [5.74, 6) is 1.04. The van der Waals surface area contributed by atoms with E-state index < -0.39 is 12.8 Å². The van der Waals surface area contributed by atoms with E-state index in [4.69, 9.17) is 9.47 Å². The van der Waals surface area contributed by atoms with Crippen LogP contribution in [0.2, 0.25) is 0 Å². The van der Waals surface area contributed by atoms with Crippen LogP contribution in [0.1, 0.15) is 32.3 Å². The minimum atomic E-state index is -4.30. The second kappa shape index (κ2) is 5.95. The van der Waals surface area contributed by atoms with E-state index in [1.807, 2.05) is 0 Å². The third-order valence-electron chi connectivity index (χ3n) is 3.62. The number of ether oxygens (including phenoxy) is 2. The number of hydrogen-bond acceptors (Lipinski definition) is 3. The fourth-order valence-electron chi connectivity index (χ4n) is 2.31. The van der Waals surface area contributed by atoms with Gasteiger partial charge in [0.15, 0.2) is 0 Å². The Morgan fingerprint density at radius 2 is 1.47 bits per heavy atom. The first kappa shape index (κ1) is 16.0. The minimum Gasteiger partial charge on any atom is -0.497 e. The van der Waals surface area contributed by atoms with Crippen molar-refractivity contribution in [3.8, 4) is 11.5 Å². The van der Waals surface area contributed by atoms with Crippen LogP contribution in [-0.4, -0.2) is 24.0 Å². The van der Waals surface area contributed by atoms with Gasteiger partial charge in [0.2, 0.25) is 0 Å². The van der Waals surface area contributed by atoms with Gasteiger partial charge in [-0.15, -0.1) is 0 Å². The average molecular weight is 288 g/mol.